The Bertz CT molecular complexity index is 1430. The molecule has 39 heavy (non-hydrogen) atoms. The first kappa shape index (κ1) is 26.6. The zero-order chi connectivity index (χ0) is 27.4. The molecule has 4 aromatic rings. The first-order valence-electron chi connectivity index (χ1n) is 13.3. The molecule has 0 unspecified atom stereocenters. The van der Waals surface area contributed by atoms with Gasteiger partial charge in [-0.3, -0.25) is 4.79 Å². The molecule has 10 nitrogen and oxygen atoms in total. The number of piperidine rings is 1. The van der Waals surface area contributed by atoms with Crippen LogP contribution >= 0.6 is 0 Å². The second kappa shape index (κ2) is 11.8. The van der Waals surface area contributed by atoms with Crippen LogP contribution in [-0.4, -0.2) is 82.3 Å². The number of carbonyl (C=O) groups is 1. The molecule has 5 rings (SSSR count). The van der Waals surface area contributed by atoms with Crippen molar-refractivity contribution in [2.75, 3.05) is 51.9 Å². The van der Waals surface area contributed by atoms with E-state index in [0.717, 1.165) is 30.8 Å². The van der Waals surface area contributed by atoms with Gasteiger partial charge in [-0.1, -0.05) is 36.4 Å². The second-order valence-electron chi connectivity index (χ2n) is 10.2. The Hall–Kier alpha value is -4.02. The maximum atomic E-state index is 12.7. The lowest BCUT2D eigenvalue weighted by molar-refractivity contribution is -0.115. The van der Waals surface area contributed by atoms with E-state index in [4.69, 9.17) is 15.6 Å². The van der Waals surface area contributed by atoms with Crippen molar-refractivity contribution in [3.8, 4) is 17.0 Å². The van der Waals surface area contributed by atoms with E-state index in [9.17, 15) is 4.79 Å². The summed E-state index contributed by atoms with van der Waals surface area (Å²) in [5.74, 6) is 0.803. The number of benzene rings is 2. The predicted molar refractivity (Wildman–Crippen MR) is 154 cm³/mol. The molecule has 1 fully saturated rings. The summed E-state index contributed by atoms with van der Waals surface area (Å²) in [6, 6.07) is 15.9. The number of hydrogen-bond donors (Lipinski definition) is 2. The molecule has 0 atom stereocenters. The Morgan fingerprint density at radius 2 is 1.87 bits per heavy atom. The van der Waals surface area contributed by atoms with Gasteiger partial charge in [0.25, 0.3) is 0 Å². The third kappa shape index (κ3) is 6.02. The zero-order valence-electron chi connectivity index (χ0n) is 22.8. The fraction of sp³-hybridized carbons (Fsp3) is 0.379. The topological polar surface area (TPSA) is 114 Å². The molecule has 0 saturated carbocycles. The summed E-state index contributed by atoms with van der Waals surface area (Å²) in [5, 5.41) is 8.60. The molecule has 1 saturated heterocycles. The molecule has 0 aliphatic carbocycles. The number of rotatable bonds is 9. The van der Waals surface area contributed by atoms with Crippen molar-refractivity contribution < 1.29 is 9.53 Å². The summed E-state index contributed by atoms with van der Waals surface area (Å²) in [7, 11) is 5.89. The highest BCUT2D eigenvalue weighted by Gasteiger charge is 2.22. The van der Waals surface area contributed by atoms with Crippen molar-refractivity contribution in [3.63, 3.8) is 0 Å². The Morgan fingerprint density at radius 1 is 1.10 bits per heavy atom. The lowest BCUT2D eigenvalue weighted by Crippen LogP contribution is -2.42. The Morgan fingerprint density at radius 3 is 2.59 bits per heavy atom. The molecular formula is C29H36N8O2. The Kier molecular flexibility index (Phi) is 8.04. The van der Waals surface area contributed by atoms with Gasteiger partial charge in [-0.15, -0.1) is 0 Å². The lowest BCUT2D eigenvalue weighted by atomic mass is 10.0. The molecule has 2 aromatic heterocycles. The number of amides is 1. The number of nitrogens with two attached hydrogens (primary N) is 1. The SMILES string of the molecule is COc1cc(-c2nn(CCN3CCC(N(C)C)CC3)c3ncnc(N)c23)ccc1NC(=O)Cc1ccccc1. The first-order valence-corrected chi connectivity index (χ1v) is 13.3. The van der Waals surface area contributed by atoms with Crippen LogP contribution in [0.4, 0.5) is 11.5 Å². The summed E-state index contributed by atoms with van der Waals surface area (Å²) >= 11 is 0. The number of ether oxygens (including phenoxy) is 1. The van der Waals surface area contributed by atoms with Crippen LogP contribution in [0.3, 0.4) is 0 Å². The molecule has 10 heteroatoms. The van der Waals surface area contributed by atoms with Gasteiger partial charge in [0.05, 0.1) is 31.1 Å². The minimum Gasteiger partial charge on any atom is -0.495 e. The summed E-state index contributed by atoms with van der Waals surface area (Å²) in [6.07, 6.45) is 4.10. The number of hydrogen-bond acceptors (Lipinski definition) is 8. The van der Waals surface area contributed by atoms with Gasteiger partial charge in [0.2, 0.25) is 5.91 Å². The van der Waals surface area contributed by atoms with Crippen LogP contribution < -0.4 is 15.8 Å². The van der Waals surface area contributed by atoms with Crippen molar-refractivity contribution in [2.24, 2.45) is 0 Å². The number of methoxy groups -OCH3 is 1. The van der Waals surface area contributed by atoms with Crippen LogP contribution in [0.2, 0.25) is 0 Å². The molecule has 3 heterocycles. The minimum atomic E-state index is -0.116. The molecule has 0 spiro atoms. The van der Waals surface area contributed by atoms with Crippen molar-refractivity contribution in [1.82, 2.24) is 29.5 Å². The molecule has 1 amide bonds. The monoisotopic (exact) mass is 528 g/mol. The minimum absolute atomic E-state index is 0.116. The van der Waals surface area contributed by atoms with Crippen LogP contribution in [-0.2, 0) is 17.8 Å². The molecule has 1 aliphatic heterocycles. The Labute approximate surface area is 228 Å². The second-order valence-corrected chi connectivity index (χ2v) is 10.2. The van der Waals surface area contributed by atoms with Crippen LogP contribution in [0.1, 0.15) is 18.4 Å². The number of nitrogens with zero attached hydrogens (tertiary/aromatic N) is 6. The van der Waals surface area contributed by atoms with Crippen molar-refractivity contribution in [3.05, 3.63) is 60.4 Å². The van der Waals surface area contributed by atoms with E-state index in [0.29, 0.717) is 46.6 Å². The van der Waals surface area contributed by atoms with E-state index in [2.05, 4.69) is 39.2 Å². The standard InChI is InChI=1S/C29H36N8O2/c1-35(2)22-11-13-36(14-12-22)15-16-37-29-26(28(30)31-19-32-29)27(34-37)21-9-10-23(24(18-21)39-3)33-25(38)17-20-7-5-4-6-8-20/h4-10,18-19,22H,11-17H2,1-3H3,(H,33,38)(H2,30,31,32). The normalized spacial score (nSPS) is 14.7. The van der Waals surface area contributed by atoms with E-state index >= 15 is 0 Å². The fourth-order valence-electron chi connectivity index (χ4n) is 5.20. The highest BCUT2D eigenvalue weighted by molar-refractivity contribution is 5.99. The summed E-state index contributed by atoms with van der Waals surface area (Å²) in [5.41, 5.74) is 10.1. The van der Waals surface area contributed by atoms with E-state index in [1.165, 1.54) is 19.2 Å². The maximum Gasteiger partial charge on any atom is 0.228 e. The van der Waals surface area contributed by atoms with Gasteiger partial charge >= 0.3 is 0 Å². The van der Waals surface area contributed by atoms with Gasteiger partial charge in [0.1, 0.15) is 23.6 Å². The number of nitrogens with one attached hydrogen (secondary N) is 1. The van der Waals surface area contributed by atoms with E-state index < -0.39 is 0 Å². The predicted octanol–water partition coefficient (Wildman–Crippen LogP) is 3.29. The molecule has 1 aliphatic rings. The number of likely N-dealkylation sites (tertiary alicyclic amines) is 1. The third-order valence-corrected chi connectivity index (χ3v) is 7.43. The molecule has 0 radical (unpaired) electrons. The van der Waals surface area contributed by atoms with E-state index in [1.54, 1.807) is 7.11 Å². The Balaban J connectivity index is 1.36. The van der Waals surface area contributed by atoms with Crippen LogP contribution in [0.5, 0.6) is 5.75 Å². The van der Waals surface area contributed by atoms with Gasteiger partial charge in [0.15, 0.2) is 5.65 Å². The number of carbonyl (C=O) groups excluding carboxylic acids is 1. The quantitative estimate of drug-likeness (QED) is 0.340. The summed E-state index contributed by atoms with van der Waals surface area (Å²) < 4.78 is 7.56. The number of aromatic nitrogens is 4. The van der Waals surface area contributed by atoms with Crippen LogP contribution in [0.25, 0.3) is 22.3 Å². The molecule has 0 bridgehead atoms. The van der Waals surface area contributed by atoms with Crippen LogP contribution in [0, 0.1) is 0 Å². The van der Waals surface area contributed by atoms with E-state index in [-0.39, 0.29) is 12.3 Å². The largest absolute Gasteiger partial charge is 0.495 e. The van der Waals surface area contributed by atoms with Gasteiger partial charge in [-0.2, -0.15) is 5.10 Å². The zero-order valence-corrected chi connectivity index (χ0v) is 22.8. The fourth-order valence-corrected chi connectivity index (χ4v) is 5.20. The molecule has 3 N–H and O–H groups in total. The maximum absolute atomic E-state index is 12.7. The van der Waals surface area contributed by atoms with Gasteiger partial charge < -0.3 is 25.6 Å². The van der Waals surface area contributed by atoms with Crippen molar-refractivity contribution >= 4 is 28.4 Å². The average molecular weight is 529 g/mol. The highest BCUT2D eigenvalue weighted by Crippen LogP contribution is 2.35. The molecule has 2 aromatic carbocycles. The third-order valence-electron chi connectivity index (χ3n) is 7.43. The van der Waals surface area contributed by atoms with Crippen molar-refractivity contribution in [1.29, 1.82) is 0 Å². The van der Waals surface area contributed by atoms with Gasteiger partial charge in [-0.25, -0.2) is 14.6 Å². The molecule has 204 valence electrons. The van der Waals surface area contributed by atoms with Gasteiger partial charge in [-0.05, 0) is 57.7 Å². The first-order chi connectivity index (χ1) is 18.9. The highest BCUT2D eigenvalue weighted by atomic mass is 16.5. The average Bonchev–Trinajstić information content (AvgIpc) is 3.32. The number of anilines is 2. The van der Waals surface area contributed by atoms with E-state index in [1.807, 2.05) is 53.2 Å². The smallest absolute Gasteiger partial charge is 0.228 e. The lowest BCUT2D eigenvalue weighted by Gasteiger charge is -2.35. The van der Waals surface area contributed by atoms with Crippen LogP contribution in [0.15, 0.2) is 54.9 Å². The van der Waals surface area contributed by atoms with Crippen molar-refractivity contribution in [2.45, 2.75) is 31.8 Å². The number of nitrogen functional groups attached to an aromatic ring is 1. The summed E-state index contributed by atoms with van der Waals surface area (Å²) in [4.78, 5) is 26.2. The molecular weight excluding hydrogens is 492 g/mol. The summed E-state index contributed by atoms with van der Waals surface area (Å²) in [6.45, 7) is 3.72. The van der Waals surface area contributed by atoms with Gasteiger partial charge in [0, 0.05) is 18.2 Å². The number of fused-ring (bicyclic) bond motifs is 1.